The molecular formula is C28H30N6O4S. The number of anilines is 1. The predicted molar refractivity (Wildman–Crippen MR) is 148 cm³/mol. The topological polar surface area (TPSA) is 136 Å². The fraction of sp³-hybridized carbons (Fsp3) is 0.321. The zero-order valence-electron chi connectivity index (χ0n) is 22.0. The van der Waals surface area contributed by atoms with E-state index in [0.29, 0.717) is 5.69 Å². The van der Waals surface area contributed by atoms with Gasteiger partial charge in [0.15, 0.2) is 9.84 Å². The number of aromatic nitrogens is 4. The van der Waals surface area contributed by atoms with Gasteiger partial charge in [0.1, 0.15) is 5.82 Å². The molecule has 1 atom stereocenters. The molecule has 4 aromatic rings. The summed E-state index contributed by atoms with van der Waals surface area (Å²) in [7, 11) is -3.47. The average Bonchev–Trinajstić information content (AvgIpc) is 2.90. The molecule has 0 bridgehead atoms. The Morgan fingerprint density at radius 3 is 2.69 bits per heavy atom. The Morgan fingerprint density at radius 1 is 1.08 bits per heavy atom. The molecule has 5 rings (SSSR count). The van der Waals surface area contributed by atoms with Crippen LogP contribution in [0.3, 0.4) is 0 Å². The number of rotatable bonds is 7. The monoisotopic (exact) mass is 546 g/mol. The zero-order valence-corrected chi connectivity index (χ0v) is 22.8. The van der Waals surface area contributed by atoms with Crippen molar-refractivity contribution in [1.29, 1.82) is 0 Å². The minimum Gasteiger partial charge on any atom is -0.375 e. The molecular weight excluding hydrogens is 516 g/mol. The Bertz CT molecular complexity index is 1640. The highest BCUT2D eigenvalue weighted by atomic mass is 32.2. The molecule has 202 valence electrons. The van der Waals surface area contributed by atoms with Gasteiger partial charge in [0.25, 0.3) is 5.91 Å². The molecule has 0 spiro atoms. The van der Waals surface area contributed by atoms with Crippen LogP contribution < -0.4 is 10.6 Å². The van der Waals surface area contributed by atoms with Crippen LogP contribution in [0, 0.1) is 0 Å². The second-order valence-electron chi connectivity index (χ2n) is 10.3. The van der Waals surface area contributed by atoms with Crippen LogP contribution in [-0.2, 0) is 21.1 Å². The average molecular weight is 547 g/mol. The highest BCUT2D eigenvalue weighted by Gasteiger charge is 2.29. The second kappa shape index (κ2) is 10.7. The maximum atomic E-state index is 12.6. The van der Waals surface area contributed by atoms with Crippen molar-refractivity contribution in [3.63, 3.8) is 0 Å². The lowest BCUT2D eigenvalue weighted by atomic mass is 9.94. The summed E-state index contributed by atoms with van der Waals surface area (Å²) in [4.78, 5) is 30.5. The van der Waals surface area contributed by atoms with Gasteiger partial charge in [0.05, 0.1) is 45.2 Å². The van der Waals surface area contributed by atoms with E-state index in [9.17, 15) is 13.2 Å². The van der Waals surface area contributed by atoms with Crippen molar-refractivity contribution in [2.45, 2.75) is 49.8 Å². The van der Waals surface area contributed by atoms with Crippen molar-refractivity contribution in [2.24, 2.45) is 0 Å². The summed E-state index contributed by atoms with van der Waals surface area (Å²) in [6.07, 6.45) is 7.14. The van der Waals surface area contributed by atoms with Crippen LogP contribution in [0.5, 0.6) is 0 Å². The van der Waals surface area contributed by atoms with Gasteiger partial charge < -0.3 is 15.4 Å². The van der Waals surface area contributed by atoms with E-state index in [1.54, 1.807) is 6.20 Å². The molecule has 1 aliphatic rings. The van der Waals surface area contributed by atoms with Gasteiger partial charge in [0.2, 0.25) is 0 Å². The predicted octanol–water partition coefficient (Wildman–Crippen LogP) is 3.79. The summed E-state index contributed by atoms with van der Waals surface area (Å²) in [6.45, 7) is 5.07. The number of nitrogens with one attached hydrogen (secondary N) is 2. The smallest absolute Gasteiger partial charge is 0.253 e. The first-order chi connectivity index (χ1) is 18.6. The molecule has 1 fully saturated rings. The van der Waals surface area contributed by atoms with E-state index >= 15 is 0 Å². The summed E-state index contributed by atoms with van der Waals surface area (Å²) in [5, 5.41) is 7.16. The van der Waals surface area contributed by atoms with Crippen molar-refractivity contribution in [2.75, 3.05) is 18.2 Å². The number of nitrogens with zero attached hydrogens (tertiary/aromatic N) is 4. The minimum atomic E-state index is -3.47. The van der Waals surface area contributed by atoms with Gasteiger partial charge in [-0.05, 0) is 63.1 Å². The number of sulfone groups is 1. The molecule has 0 aromatic carbocycles. The Morgan fingerprint density at radius 2 is 1.90 bits per heavy atom. The highest BCUT2D eigenvalue weighted by molar-refractivity contribution is 7.90. The quantitative estimate of drug-likeness (QED) is 0.355. The number of carbonyl (C=O) groups is 1. The number of fused-ring (bicyclic) bond motifs is 1. The zero-order chi connectivity index (χ0) is 27.6. The van der Waals surface area contributed by atoms with Crippen molar-refractivity contribution < 1.29 is 17.9 Å². The van der Waals surface area contributed by atoms with E-state index < -0.39 is 15.7 Å². The van der Waals surface area contributed by atoms with E-state index in [0.717, 1.165) is 53.8 Å². The maximum absolute atomic E-state index is 12.6. The fourth-order valence-electron chi connectivity index (χ4n) is 4.54. The van der Waals surface area contributed by atoms with Gasteiger partial charge in [-0.15, -0.1) is 0 Å². The molecule has 0 radical (unpaired) electrons. The van der Waals surface area contributed by atoms with Gasteiger partial charge in [-0.1, -0.05) is 6.07 Å². The summed E-state index contributed by atoms with van der Waals surface area (Å²) in [5.74, 6) is 0.350. The highest BCUT2D eigenvalue weighted by Crippen LogP contribution is 2.27. The second-order valence-corrected chi connectivity index (χ2v) is 12.3. The Kier molecular flexibility index (Phi) is 7.28. The molecule has 11 heteroatoms. The normalized spacial score (nSPS) is 17.1. The van der Waals surface area contributed by atoms with Gasteiger partial charge in [-0.25, -0.2) is 18.4 Å². The Hall–Kier alpha value is -3.96. The fourth-order valence-corrected chi connectivity index (χ4v) is 5.13. The number of hydrogen-bond donors (Lipinski definition) is 2. The van der Waals surface area contributed by atoms with Crippen molar-refractivity contribution in [3.05, 3.63) is 72.3 Å². The summed E-state index contributed by atoms with van der Waals surface area (Å²) < 4.78 is 29.4. The van der Waals surface area contributed by atoms with E-state index in [-0.39, 0.29) is 28.6 Å². The molecule has 1 amide bonds. The van der Waals surface area contributed by atoms with Gasteiger partial charge in [0, 0.05) is 42.9 Å². The third-order valence-corrected chi connectivity index (χ3v) is 7.60. The number of pyridine rings is 4. The Balaban J connectivity index is 1.30. The van der Waals surface area contributed by atoms with E-state index in [2.05, 4.69) is 34.4 Å². The first-order valence-corrected chi connectivity index (χ1v) is 14.5. The minimum absolute atomic E-state index is 0.0137. The molecule has 0 aliphatic carbocycles. The molecule has 0 unspecified atom stereocenters. The molecule has 1 aliphatic heterocycles. The van der Waals surface area contributed by atoms with Crippen LogP contribution in [0.1, 0.15) is 42.7 Å². The lowest BCUT2D eigenvalue weighted by molar-refractivity contribution is -0.0553. The number of hydrogen-bond acceptors (Lipinski definition) is 9. The van der Waals surface area contributed by atoms with Gasteiger partial charge >= 0.3 is 0 Å². The van der Waals surface area contributed by atoms with E-state index in [1.807, 2.05) is 36.4 Å². The largest absolute Gasteiger partial charge is 0.375 e. The van der Waals surface area contributed by atoms with Crippen LogP contribution in [0.25, 0.3) is 22.3 Å². The lowest BCUT2D eigenvalue weighted by Gasteiger charge is -2.36. The number of ether oxygens (including phenoxy) is 1. The molecule has 5 heterocycles. The van der Waals surface area contributed by atoms with Crippen LogP contribution in [-0.4, -0.2) is 58.8 Å². The first kappa shape index (κ1) is 26.6. The molecule has 10 nitrogen and oxygen atoms in total. The van der Waals surface area contributed by atoms with Crippen LogP contribution in [0.2, 0.25) is 0 Å². The van der Waals surface area contributed by atoms with E-state index in [4.69, 9.17) is 14.7 Å². The third-order valence-electron chi connectivity index (χ3n) is 6.52. The summed E-state index contributed by atoms with van der Waals surface area (Å²) in [6, 6.07) is 13.1. The molecule has 2 N–H and O–H groups in total. The SMILES string of the molecule is CC1(C)C[C@H](Nc2cccc(-c3ccc4cnc(CNC(=O)c5cncc(S(C)(=O)=O)c5)cc4n3)n2)CCO1. The maximum Gasteiger partial charge on any atom is 0.253 e. The van der Waals surface area contributed by atoms with Crippen LogP contribution >= 0.6 is 0 Å². The molecule has 39 heavy (non-hydrogen) atoms. The summed E-state index contributed by atoms with van der Waals surface area (Å²) >= 11 is 0. The third kappa shape index (κ3) is 6.55. The van der Waals surface area contributed by atoms with Crippen molar-refractivity contribution in [3.8, 4) is 11.4 Å². The summed E-state index contributed by atoms with van der Waals surface area (Å²) in [5.41, 5.74) is 2.80. The van der Waals surface area contributed by atoms with Crippen LogP contribution in [0.15, 0.2) is 66.0 Å². The molecule has 0 saturated carbocycles. The lowest BCUT2D eigenvalue weighted by Crippen LogP contribution is -2.40. The van der Waals surface area contributed by atoms with Crippen molar-refractivity contribution >= 4 is 32.5 Å². The van der Waals surface area contributed by atoms with Gasteiger partial charge in [-0.3, -0.25) is 14.8 Å². The molecule has 4 aromatic heterocycles. The van der Waals surface area contributed by atoms with Gasteiger partial charge in [-0.2, -0.15) is 0 Å². The Labute approximate surface area is 227 Å². The van der Waals surface area contributed by atoms with E-state index in [1.165, 1.54) is 18.5 Å². The van der Waals surface area contributed by atoms with Crippen molar-refractivity contribution in [1.82, 2.24) is 25.3 Å². The first-order valence-electron chi connectivity index (χ1n) is 12.6. The molecule has 1 saturated heterocycles. The number of carbonyl (C=O) groups excluding carboxylic acids is 1. The standard InChI is InChI=1S/C28H30N6O4S/c1-28(2)13-20(9-10-38-28)32-26-6-4-5-23(34-26)24-8-7-18-15-30-21(12-25(18)33-24)16-31-27(35)19-11-22(17-29-14-19)39(3,36)37/h4-8,11-12,14-15,17,20H,9-10,13,16H2,1-3H3,(H,31,35)(H,32,34)/t20-/m1/s1. The number of amides is 1. The van der Waals surface area contributed by atoms with Crippen LogP contribution in [0.4, 0.5) is 5.82 Å².